The number of carbonyl (C=O) groups is 1. The van der Waals surface area contributed by atoms with E-state index in [9.17, 15) is 13.6 Å². The minimum atomic E-state index is -3.81. The fraction of sp³-hybridized carbons (Fsp3) is 0.250. The molecule has 0 unspecified atom stereocenters. The second-order valence-corrected chi connectivity index (χ2v) is 8.71. The Morgan fingerprint density at radius 1 is 1.21 bits per heavy atom. The van der Waals surface area contributed by atoms with Gasteiger partial charge in [-0.25, -0.2) is 15.0 Å². The summed E-state index contributed by atoms with van der Waals surface area (Å²) >= 11 is 4.78. The van der Waals surface area contributed by atoms with Crippen molar-refractivity contribution in [3.63, 3.8) is 0 Å². The van der Waals surface area contributed by atoms with E-state index in [2.05, 4.69) is 36.5 Å². The van der Waals surface area contributed by atoms with Crippen molar-refractivity contribution in [3.05, 3.63) is 67.0 Å². The summed E-state index contributed by atoms with van der Waals surface area (Å²) in [4.78, 5) is 25.9. The molecule has 34 heavy (non-hydrogen) atoms. The summed E-state index contributed by atoms with van der Waals surface area (Å²) in [6.07, 6.45) is 9.06. The molecule has 10 heteroatoms. The van der Waals surface area contributed by atoms with Crippen LogP contribution in [-0.2, 0) is 0 Å². The molecule has 1 fully saturated rings. The Labute approximate surface area is 198 Å². The SMILES string of the molecule is C[C@@H](C1CC1)n1cnc2cc(C(=O)Nc3ccc(OC(F)(F)Cl)cc3)cc(-c3cncnc3)c21. The second-order valence-electron chi connectivity index (χ2n) is 8.27. The summed E-state index contributed by atoms with van der Waals surface area (Å²) in [5.41, 5.74) is 0.187. The molecule has 0 saturated heterocycles. The Morgan fingerprint density at radius 3 is 2.56 bits per heavy atom. The molecule has 0 aliphatic heterocycles. The van der Waals surface area contributed by atoms with E-state index in [4.69, 9.17) is 11.6 Å². The maximum absolute atomic E-state index is 13.1. The molecule has 1 aliphatic carbocycles. The number of amides is 1. The van der Waals surface area contributed by atoms with Gasteiger partial charge in [0.2, 0.25) is 0 Å². The largest absolute Gasteiger partial charge is 0.487 e. The van der Waals surface area contributed by atoms with E-state index in [0.717, 1.165) is 16.6 Å². The predicted octanol–water partition coefficient (Wildman–Crippen LogP) is 5.88. The van der Waals surface area contributed by atoms with Gasteiger partial charge in [-0.15, -0.1) is 8.78 Å². The van der Waals surface area contributed by atoms with Crippen LogP contribution in [0.25, 0.3) is 22.2 Å². The van der Waals surface area contributed by atoms with Crippen LogP contribution in [0.1, 0.15) is 36.2 Å². The molecular weight excluding hydrogens is 464 g/mol. The first kappa shape index (κ1) is 22.2. The Hall–Kier alpha value is -3.59. The van der Waals surface area contributed by atoms with Crippen molar-refractivity contribution >= 4 is 34.2 Å². The third-order valence-electron chi connectivity index (χ3n) is 5.89. The van der Waals surface area contributed by atoms with Gasteiger partial charge in [0.1, 0.15) is 12.1 Å². The highest BCUT2D eigenvalue weighted by Crippen LogP contribution is 2.42. The number of nitrogens with one attached hydrogen (secondary N) is 1. The molecule has 1 amide bonds. The van der Waals surface area contributed by atoms with E-state index >= 15 is 0 Å². The first-order chi connectivity index (χ1) is 16.3. The summed E-state index contributed by atoms with van der Waals surface area (Å²) in [6.45, 7) is 2.18. The van der Waals surface area contributed by atoms with Crippen LogP contribution in [-0.4, -0.2) is 31.0 Å². The number of anilines is 1. The van der Waals surface area contributed by atoms with Crippen molar-refractivity contribution in [2.24, 2.45) is 5.92 Å². The van der Waals surface area contributed by atoms with Gasteiger partial charge < -0.3 is 14.6 Å². The van der Waals surface area contributed by atoms with Gasteiger partial charge in [-0.3, -0.25) is 4.79 Å². The number of nitrogens with zero attached hydrogens (tertiary/aromatic N) is 4. The van der Waals surface area contributed by atoms with Gasteiger partial charge in [0.15, 0.2) is 0 Å². The van der Waals surface area contributed by atoms with E-state index in [1.54, 1.807) is 24.5 Å². The highest BCUT2D eigenvalue weighted by atomic mass is 35.5. The molecule has 1 N–H and O–H groups in total. The highest BCUT2D eigenvalue weighted by Gasteiger charge is 2.31. The number of halogens is 3. The van der Waals surface area contributed by atoms with Crippen LogP contribution in [0.4, 0.5) is 14.5 Å². The topological polar surface area (TPSA) is 81.9 Å². The van der Waals surface area contributed by atoms with Crippen LogP contribution < -0.4 is 10.1 Å². The number of carbonyl (C=O) groups excluding carboxylic acids is 1. The summed E-state index contributed by atoms with van der Waals surface area (Å²) in [5.74, 6) is 0.119. The molecule has 174 valence electrons. The molecule has 1 aliphatic rings. The number of hydrogen-bond acceptors (Lipinski definition) is 5. The zero-order valence-electron chi connectivity index (χ0n) is 18.1. The first-order valence-electron chi connectivity index (χ1n) is 10.7. The lowest BCUT2D eigenvalue weighted by molar-refractivity contribution is -0.0964. The fourth-order valence-electron chi connectivity index (χ4n) is 4.02. The smallest absolute Gasteiger partial charge is 0.420 e. The zero-order valence-corrected chi connectivity index (χ0v) is 18.8. The third kappa shape index (κ3) is 4.70. The van der Waals surface area contributed by atoms with Gasteiger partial charge in [-0.2, -0.15) is 0 Å². The standard InChI is InChI=1S/C24H20ClF2N5O2/c1-14(15-2-3-15)32-13-30-21-9-16(8-20(22(21)32)17-10-28-12-29-11-17)23(33)31-18-4-6-19(7-5-18)34-24(25,26)27/h4-15H,2-3H2,1H3,(H,31,33)/t14-/m0/s1. The Balaban J connectivity index is 1.48. The monoisotopic (exact) mass is 483 g/mol. The minimum Gasteiger partial charge on any atom is -0.420 e. The predicted molar refractivity (Wildman–Crippen MR) is 124 cm³/mol. The highest BCUT2D eigenvalue weighted by molar-refractivity contribution is 6.20. The lowest BCUT2D eigenvalue weighted by Gasteiger charge is -2.16. The summed E-state index contributed by atoms with van der Waals surface area (Å²) in [6, 6.07) is 9.30. The van der Waals surface area contributed by atoms with Gasteiger partial charge in [-0.1, -0.05) is 0 Å². The zero-order chi connectivity index (χ0) is 23.9. The number of aromatic nitrogens is 4. The maximum atomic E-state index is 13.1. The molecular formula is C24H20ClF2N5O2. The summed E-state index contributed by atoms with van der Waals surface area (Å²) in [5, 5.41) is 2.77. The van der Waals surface area contributed by atoms with E-state index < -0.39 is 5.57 Å². The normalized spacial score (nSPS) is 14.7. The van der Waals surface area contributed by atoms with E-state index in [0.29, 0.717) is 22.7 Å². The minimum absolute atomic E-state index is 0.124. The fourth-order valence-corrected chi connectivity index (χ4v) is 4.11. The lowest BCUT2D eigenvalue weighted by atomic mass is 10.0. The van der Waals surface area contributed by atoms with Crippen molar-refractivity contribution in [1.82, 2.24) is 19.5 Å². The lowest BCUT2D eigenvalue weighted by Crippen LogP contribution is -2.16. The van der Waals surface area contributed by atoms with Crippen LogP contribution in [0.3, 0.4) is 0 Å². The first-order valence-corrected chi connectivity index (χ1v) is 11.1. The molecule has 5 rings (SSSR count). The van der Waals surface area contributed by atoms with Crippen LogP contribution in [0, 0.1) is 5.92 Å². The molecule has 0 radical (unpaired) electrons. The number of imidazole rings is 1. The van der Waals surface area contributed by atoms with Crippen LogP contribution in [0.2, 0.25) is 0 Å². The third-order valence-corrected chi connectivity index (χ3v) is 5.97. The quantitative estimate of drug-likeness (QED) is 0.332. The Kier molecular flexibility index (Phi) is 5.65. The van der Waals surface area contributed by atoms with Crippen molar-refractivity contribution in [1.29, 1.82) is 0 Å². The van der Waals surface area contributed by atoms with Crippen molar-refractivity contribution in [2.75, 3.05) is 5.32 Å². The van der Waals surface area contributed by atoms with Crippen LogP contribution >= 0.6 is 11.6 Å². The van der Waals surface area contributed by atoms with Crippen LogP contribution in [0.5, 0.6) is 5.75 Å². The molecule has 2 heterocycles. The average molecular weight is 484 g/mol. The van der Waals surface area contributed by atoms with Crippen molar-refractivity contribution in [3.8, 4) is 16.9 Å². The van der Waals surface area contributed by atoms with Crippen molar-refractivity contribution < 1.29 is 18.3 Å². The molecule has 0 spiro atoms. The van der Waals surface area contributed by atoms with Gasteiger partial charge in [-0.05, 0) is 62.1 Å². The molecule has 4 aromatic rings. The molecule has 2 aromatic heterocycles. The molecule has 2 aromatic carbocycles. The van der Waals surface area contributed by atoms with Gasteiger partial charge in [0.05, 0.1) is 17.4 Å². The number of benzene rings is 2. The van der Waals surface area contributed by atoms with Gasteiger partial charge >= 0.3 is 5.57 Å². The van der Waals surface area contributed by atoms with Crippen molar-refractivity contribution in [2.45, 2.75) is 31.4 Å². The van der Waals surface area contributed by atoms with Crippen LogP contribution in [0.15, 0.2) is 61.4 Å². The van der Waals surface area contributed by atoms with E-state index in [1.807, 2.05) is 6.33 Å². The van der Waals surface area contributed by atoms with E-state index in [-0.39, 0.29) is 17.7 Å². The second kappa shape index (κ2) is 8.64. The number of ether oxygens (including phenoxy) is 1. The summed E-state index contributed by atoms with van der Waals surface area (Å²) in [7, 11) is 0. The number of alkyl halides is 3. The van der Waals surface area contributed by atoms with E-state index in [1.165, 1.54) is 43.4 Å². The van der Waals surface area contributed by atoms with Gasteiger partial charge in [0.25, 0.3) is 5.91 Å². The number of rotatable bonds is 7. The maximum Gasteiger partial charge on any atom is 0.487 e. The summed E-state index contributed by atoms with van der Waals surface area (Å²) < 4.78 is 32.1. The Morgan fingerprint density at radius 2 is 1.91 bits per heavy atom. The Bertz CT molecular complexity index is 1340. The number of hydrogen-bond donors (Lipinski definition) is 1. The van der Waals surface area contributed by atoms with Gasteiger partial charge in [0, 0.05) is 52.4 Å². The molecule has 0 bridgehead atoms. The number of fused-ring (bicyclic) bond motifs is 1. The molecule has 1 atom stereocenters. The average Bonchev–Trinajstić information content (AvgIpc) is 3.58. The molecule has 1 saturated carbocycles. The molecule has 7 nitrogen and oxygen atoms in total.